The molecule has 0 aliphatic heterocycles. The summed E-state index contributed by atoms with van der Waals surface area (Å²) in [6, 6.07) is 0. The van der Waals surface area contributed by atoms with Crippen LogP contribution in [-0.2, 0) is 0 Å². The molecule has 1 nitrogen and oxygen atoms in total. The van der Waals surface area contributed by atoms with E-state index >= 15 is 0 Å². The molecule has 0 spiro atoms. The zero-order chi connectivity index (χ0) is 10.6. The van der Waals surface area contributed by atoms with Crippen molar-refractivity contribution in [3.63, 3.8) is 0 Å². The van der Waals surface area contributed by atoms with Gasteiger partial charge in [-0.2, -0.15) is 0 Å². The van der Waals surface area contributed by atoms with E-state index in [1.54, 1.807) is 0 Å². The molecule has 13 heavy (non-hydrogen) atoms. The summed E-state index contributed by atoms with van der Waals surface area (Å²) in [5.41, 5.74) is 0.255. The van der Waals surface area contributed by atoms with E-state index in [0.29, 0.717) is 0 Å². The Labute approximate surface area is 84.3 Å². The van der Waals surface area contributed by atoms with Gasteiger partial charge in [-0.15, -0.1) is 0 Å². The van der Waals surface area contributed by atoms with E-state index in [1.165, 1.54) is 0 Å². The third-order valence-corrected chi connectivity index (χ3v) is 2.90. The maximum atomic E-state index is 3.56. The van der Waals surface area contributed by atoms with E-state index in [2.05, 4.69) is 53.8 Å². The molecule has 0 aliphatic carbocycles. The highest BCUT2D eigenvalue weighted by Crippen LogP contribution is 2.19. The molecule has 0 bridgehead atoms. The van der Waals surface area contributed by atoms with E-state index in [0.717, 1.165) is 24.3 Å². The minimum atomic E-state index is 0.255. The van der Waals surface area contributed by atoms with E-state index in [9.17, 15) is 0 Å². The Balaban J connectivity index is 3.81. The maximum absolute atomic E-state index is 3.56. The molecule has 0 amide bonds. The van der Waals surface area contributed by atoms with Gasteiger partial charge >= 0.3 is 0 Å². The first-order valence-electron chi connectivity index (χ1n) is 5.49. The Morgan fingerprint density at radius 1 is 1.00 bits per heavy atom. The van der Waals surface area contributed by atoms with E-state index < -0.39 is 0 Å². The Kier molecular flexibility index (Phi) is 4.98. The van der Waals surface area contributed by atoms with Crippen LogP contribution in [0.2, 0.25) is 0 Å². The van der Waals surface area contributed by atoms with Crippen LogP contribution >= 0.6 is 0 Å². The number of rotatable bonds is 4. The highest BCUT2D eigenvalue weighted by atomic mass is 14.9. The second kappa shape index (κ2) is 4.99. The summed E-state index contributed by atoms with van der Waals surface area (Å²) in [6.07, 6.45) is 0. The molecule has 0 rings (SSSR count). The molecule has 0 fully saturated rings. The molecule has 80 valence electrons. The Morgan fingerprint density at radius 3 is 1.77 bits per heavy atom. The van der Waals surface area contributed by atoms with Crippen molar-refractivity contribution in [3.05, 3.63) is 0 Å². The van der Waals surface area contributed by atoms with Crippen molar-refractivity contribution < 1.29 is 0 Å². The molecule has 2 atom stereocenters. The van der Waals surface area contributed by atoms with Crippen LogP contribution in [-0.4, -0.2) is 12.1 Å². The molecular weight excluding hydrogens is 158 g/mol. The molecule has 1 N–H and O–H groups in total. The molecule has 0 saturated carbocycles. The standard InChI is InChI=1S/C12H27N/c1-9(2)11(4)10(3)8-13-12(5,6)7/h9-11,13H,8H2,1-7H3. The minimum Gasteiger partial charge on any atom is -0.312 e. The lowest BCUT2D eigenvalue weighted by molar-refractivity contribution is 0.264. The van der Waals surface area contributed by atoms with Crippen LogP contribution in [0, 0.1) is 17.8 Å². The van der Waals surface area contributed by atoms with E-state index in [1.807, 2.05) is 0 Å². The molecule has 0 aromatic heterocycles. The van der Waals surface area contributed by atoms with Gasteiger partial charge < -0.3 is 5.32 Å². The van der Waals surface area contributed by atoms with Crippen LogP contribution in [0.3, 0.4) is 0 Å². The summed E-state index contributed by atoms with van der Waals surface area (Å²) in [5.74, 6) is 2.35. The summed E-state index contributed by atoms with van der Waals surface area (Å²) in [5, 5.41) is 3.56. The summed E-state index contributed by atoms with van der Waals surface area (Å²) in [7, 11) is 0. The van der Waals surface area contributed by atoms with Gasteiger partial charge in [0, 0.05) is 5.54 Å². The first-order valence-corrected chi connectivity index (χ1v) is 5.49. The normalized spacial score (nSPS) is 17.5. The van der Waals surface area contributed by atoms with Crippen molar-refractivity contribution in [2.45, 2.75) is 54.0 Å². The van der Waals surface area contributed by atoms with Crippen LogP contribution in [0.1, 0.15) is 48.5 Å². The molecular formula is C12H27N. The summed E-state index contributed by atoms with van der Waals surface area (Å²) in [6.45, 7) is 17.1. The second-order valence-electron chi connectivity index (χ2n) is 5.71. The summed E-state index contributed by atoms with van der Waals surface area (Å²) >= 11 is 0. The molecule has 0 radical (unpaired) electrons. The largest absolute Gasteiger partial charge is 0.312 e. The SMILES string of the molecule is CC(C)C(C)C(C)CNC(C)(C)C. The van der Waals surface area contributed by atoms with Crippen LogP contribution in [0.15, 0.2) is 0 Å². The first-order chi connectivity index (χ1) is 5.74. The van der Waals surface area contributed by atoms with Crippen molar-refractivity contribution >= 4 is 0 Å². The average molecular weight is 185 g/mol. The van der Waals surface area contributed by atoms with E-state index in [-0.39, 0.29) is 5.54 Å². The fourth-order valence-corrected chi connectivity index (χ4v) is 1.31. The predicted octanol–water partition coefficient (Wildman–Crippen LogP) is 3.30. The highest BCUT2D eigenvalue weighted by molar-refractivity contribution is 4.74. The van der Waals surface area contributed by atoms with Crippen molar-refractivity contribution in [3.8, 4) is 0 Å². The quantitative estimate of drug-likeness (QED) is 0.708. The first kappa shape index (κ1) is 13.0. The minimum absolute atomic E-state index is 0.255. The molecule has 1 heteroatoms. The van der Waals surface area contributed by atoms with Crippen LogP contribution < -0.4 is 5.32 Å². The fourth-order valence-electron chi connectivity index (χ4n) is 1.31. The van der Waals surface area contributed by atoms with Gasteiger partial charge in [0.05, 0.1) is 0 Å². The predicted molar refractivity (Wildman–Crippen MR) is 60.9 cm³/mol. The molecule has 0 aromatic carbocycles. The summed E-state index contributed by atoms with van der Waals surface area (Å²) < 4.78 is 0. The fraction of sp³-hybridized carbons (Fsp3) is 1.00. The third kappa shape index (κ3) is 6.09. The lowest BCUT2D eigenvalue weighted by Crippen LogP contribution is -2.40. The van der Waals surface area contributed by atoms with Gasteiger partial charge in [-0.25, -0.2) is 0 Å². The molecule has 0 heterocycles. The van der Waals surface area contributed by atoms with E-state index in [4.69, 9.17) is 0 Å². The van der Waals surface area contributed by atoms with Gasteiger partial charge in [-0.3, -0.25) is 0 Å². The van der Waals surface area contributed by atoms with Crippen molar-refractivity contribution in [1.29, 1.82) is 0 Å². The zero-order valence-electron chi connectivity index (χ0n) is 10.4. The molecule has 0 aliphatic rings. The van der Waals surface area contributed by atoms with Gasteiger partial charge in [-0.1, -0.05) is 27.7 Å². The van der Waals surface area contributed by atoms with Gasteiger partial charge in [0.1, 0.15) is 0 Å². The Morgan fingerprint density at radius 2 is 1.46 bits per heavy atom. The van der Waals surface area contributed by atoms with Crippen molar-refractivity contribution in [1.82, 2.24) is 5.32 Å². The van der Waals surface area contributed by atoms with Gasteiger partial charge in [0.15, 0.2) is 0 Å². The van der Waals surface area contributed by atoms with Crippen molar-refractivity contribution in [2.24, 2.45) is 17.8 Å². The van der Waals surface area contributed by atoms with Crippen LogP contribution in [0.4, 0.5) is 0 Å². The van der Waals surface area contributed by atoms with Gasteiger partial charge in [-0.05, 0) is 45.1 Å². The lowest BCUT2D eigenvalue weighted by Gasteiger charge is -2.28. The molecule has 0 aromatic rings. The van der Waals surface area contributed by atoms with Crippen molar-refractivity contribution in [2.75, 3.05) is 6.54 Å². The lowest BCUT2D eigenvalue weighted by atomic mass is 9.86. The molecule has 0 saturated heterocycles. The smallest absolute Gasteiger partial charge is 0.00966 e. The number of hydrogen-bond donors (Lipinski definition) is 1. The van der Waals surface area contributed by atoms with Crippen LogP contribution in [0.25, 0.3) is 0 Å². The van der Waals surface area contributed by atoms with Crippen LogP contribution in [0.5, 0.6) is 0 Å². The third-order valence-electron chi connectivity index (χ3n) is 2.90. The number of nitrogens with one attached hydrogen (secondary N) is 1. The topological polar surface area (TPSA) is 12.0 Å². The number of hydrogen-bond acceptors (Lipinski definition) is 1. The Bertz CT molecular complexity index is 133. The zero-order valence-corrected chi connectivity index (χ0v) is 10.4. The van der Waals surface area contributed by atoms with Gasteiger partial charge in [0.25, 0.3) is 0 Å². The Hall–Kier alpha value is -0.0400. The highest BCUT2D eigenvalue weighted by Gasteiger charge is 2.17. The molecule has 2 unspecified atom stereocenters. The average Bonchev–Trinajstić information content (AvgIpc) is 1.97. The summed E-state index contributed by atoms with van der Waals surface area (Å²) in [4.78, 5) is 0. The van der Waals surface area contributed by atoms with Gasteiger partial charge in [0.2, 0.25) is 0 Å². The second-order valence-corrected chi connectivity index (χ2v) is 5.71. The monoisotopic (exact) mass is 185 g/mol. The maximum Gasteiger partial charge on any atom is 0.00966 e.